The second-order valence-electron chi connectivity index (χ2n) is 8.99. The minimum absolute atomic E-state index is 0.142. The third kappa shape index (κ3) is 4.30. The van der Waals surface area contributed by atoms with E-state index in [1.807, 2.05) is 66.1 Å². The fourth-order valence-corrected chi connectivity index (χ4v) is 5.44. The van der Waals surface area contributed by atoms with Gasteiger partial charge in [-0.15, -0.1) is 10.2 Å². The van der Waals surface area contributed by atoms with E-state index < -0.39 is 5.79 Å². The van der Waals surface area contributed by atoms with E-state index in [1.165, 1.54) is 11.8 Å². The standard InChI is InChI=1S/C27H25N5O3S/c1-18-7-2-3-9-21(18)32-25(19-8-6-14-28-16-19)30-31-26(32)36-17-24(33)29-20-10-11-22-23(15-20)35-27(34-22)12-4-5-13-27/h2-3,6-11,14-16H,4-5,12-13,17H2,1H3,(H,29,33). The van der Waals surface area contributed by atoms with E-state index >= 15 is 0 Å². The number of nitrogens with zero attached hydrogens (tertiary/aromatic N) is 4. The summed E-state index contributed by atoms with van der Waals surface area (Å²) in [6.07, 6.45) is 7.47. The maximum atomic E-state index is 12.9. The van der Waals surface area contributed by atoms with Crippen LogP contribution in [-0.2, 0) is 4.79 Å². The molecular formula is C27H25N5O3S. The van der Waals surface area contributed by atoms with E-state index in [4.69, 9.17) is 9.47 Å². The Balaban J connectivity index is 1.19. The van der Waals surface area contributed by atoms with Crippen molar-refractivity contribution < 1.29 is 14.3 Å². The zero-order valence-corrected chi connectivity index (χ0v) is 20.6. The summed E-state index contributed by atoms with van der Waals surface area (Å²) in [5, 5.41) is 12.4. The van der Waals surface area contributed by atoms with Gasteiger partial charge in [-0.2, -0.15) is 0 Å². The summed E-state index contributed by atoms with van der Waals surface area (Å²) in [6.45, 7) is 2.04. The quantitative estimate of drug-likeness (QED) is 0.355. The van der Waals surface area contributed by atoms with Crippen molar-refractivity contribution in [2.24, 2.45) is 0 Å². The Labute approximate surface area is 213 Å². The number of hydrogen-bond donors (Lipinski definition) is 1. The molecule has 1 amide bonds. The van der Waals surface area contributed by atoms with E-state index in [0.717, 1.165) is 48.2 Å². The summed E-state index contributed by atoms with van der Waals surface area (Å²) in [5.41, 5.74) is 3.56. The van der Waals surface area contributed by atoms with Crippen LogP contribution in [-0.4, -0.2) is 37.2 Å². The van der Waals surface area contributed by atoms with E-state index in [-0.39, 0.29) is 11.7 Å². The van der Waals surface area contributed by atoms with Crippen LogP contribution in [0, 0.1) is 6.92 Å². The van der Waals surface area contributed by atoms with Crippen LogP contribution in [0.25, 0.3) is 17.1 Å². The lowest BCUT2D eigenvalue weighted by Crippen LogP contribution is -2.34. The molecule has 1 spiro atoms. The summed E-state index contributed by atoms with van der Waals surface area (Å²) >= 11 is 1.34. The fourth-order valence-electron chi connectivity index (χ4n) is 4.69. The molecule has 1 saturated carbocycles. The fraction of sp³-hybridized carbons (Fsp3) is 0.259. The van der Waals surface area contributed by atoms with Gasteiger partial charge in [0.15, 0.2) is 22.5 Å². The molecule has 0 saturated heterocycles. The van der Waals surface area contributed by atoms with Crippen LogP contribution in [0.2, 0.25) is 0 Å². The summed E-state index contributed by atoms with van der Waals surface area (Å²) in [4.78, 5) is 17.1. The number of para-hydroxylation sites is 1. The van der Waals surface area contributed by atoms with Crippen molar-refractivity contribution in [2.45, 2.75) is 43.6 Å². The second-order valence-corrected chi connectivity index (χ2v) is 9.93. The van der Waals surface area contributed by atoms with E-state index in [0.29, 0.717) is 22.4 Å². The number of hydrogen-bond acceptors (Lipinski definition) is 7. The molecule has 1 aliphatic heterocycles. The molecule has 0 radical (unpaired) electrons. The monoisotopic (exact) mass is 499 g/mol. The number of amides is 1. The zero-order chi connectivity index (χ0) is 24.5. The molecule has 1 N–H and O–H groups in total. The molecular weight excluding hydrogens is 474 g/mol. The molecule has 0 unspecified atom stereocenters. The van der Waals surface area contributed by atoms with Gasteiger partial charge in [0, 0.05) is 42.6 Å². The predicted molar refractivity (Wildman–Crippen MR) is 138 cm³/mol. The first-order chi connectivity index (χ1) is 17.6. The summed E-state index contributed by atoms with van der Waals surface area (Å²) < 4.78 is 14.2. The molecule has 0 bridgehead atoms. The van der Waals surface area contributed by atoms with E-state index in [9.17, 15) is 4.79 Å². The molecule has 1 fully saturated rings. The molecule has 2 aliphatic rings. The highest BCUT2D eigenvalue weighted by molar-refractivity contribution is 7.99. The van der Waals surface area contributed by atoms with Crippen LogP contribution in [0.3, 0.4) is 0 Å². The number of anilines is 1. The molecule has 2 aromatic heterocycles. The number of benzene rings is 2. The van der Waals surface area contributed by atoms with E-state index in [2.05, 4.69) is 20.5 Å². The van der Waals surface area contributed by atoms with Crippen LogP contribution in [0.1, 0.15) is 31.2 Å². The highest BCUT2D eigenvalue weighted by Crippen LogP contribution is 2.47. The van der Waals surface area contributed by atoms with Crippen molar-refractivity contribution >= 4 is 23.4 Å². The van der Waals surface area contributed by atoms with Crippen molar-refractivity contribution in [1.82, 2.24) is 19.7 Å². The number of fused-ring (bicyclic) bond motifs is 1. The lowest BCUT2D eigenvalue weighted by molar-refractivity contribution is -0.113. The number of rotatable bonds is 6. The molecule has 8 nitrogen and oxygen atoms in total. The molecule has 6 rings (SSSR count). The van der Waals surface area contributed by atoms with Gasteiger partial charge in [0.25, 0.3) is 5.79 Å². The third-order valence-corrected chi connectivity index (χ3v) is 7.36. The Hall–Kier alpha value is -3.85. The Bertz CT molecular complexity index is 1420. The average molecular weight is 500 g/mol. The van der Waals surface area contributed by atoms with Crippen molar-refractivity contribution in [1.29, 1.82) is 0 Å². The second kappa shape index (κ2) is 9.31. The number of aryl methyl sites for hydroxylation is 1. The third-order valence-electron chi connectivity index (χ3n) is 6.43. The molecule has 4 aromatic rings. The first-order valence-corrected chi connectivity index (χ1v) is 13.0. The van der Waals surface area contributed by atoms with Crippen LogP contribution in [0.5, 0.6) is 11.5 Å². The molecule has 3 heterocycles. The molecule has 9 heteroatoms. The van der Waals surface area contributed by atoms with E-state index in [1.54, 1.807) is 12.4 Å². The number of thioether (sulfide) groups is 1. The average Bonchev–Trinajstić information content (AvgIpc) is 3.62. The van der Waals surface area contributed by atoms with Gasteiger partial charge in [-0.3, -0.25) is 14.3 Å². The van der Waals surface area contributed by atoms with Gasteiger partial charge in [-0.05, 0) is 55.7 Å². The molecule has 182 valence electrons. The Morgan fingerprint density at radius 1 is 1.06 bits per heavy atom. The normalized spacial score (nSPS) is 15.4. The van der Waals surface area contributed by atoms with Gasteiger partial charge >= 0.3 is 0 Å². The van der Waals surface area contributed by atoms with Gasteiger partial charge in [-0.1, -0.05) is 30.0 Å². The Morgan fingerprint density at radius 3 is 2.69 bits per heavy atom. The van der Waals surface area contributed by atoms with Gasteiger partial charge in [0.1, 0.15) is 0 Å². The van der Waals surface area contributed by atoms with Crippen molar-refractivity contribution in [3.63, 3.8) is 0 Å². The number of aromatic nitrogens is 4. The zero-order valence-electron chi connectivity index (χ0n) is 19.8. The van der Waals surface area contributed by atoms with Crippen molar-refractivity contribution in [2.75, 3.05) is 11.1 Å². The van der Waals surface area contributed by atoms with Crippen LogP contribution in [0.4, 0.5) is 5.69 Å². The lowest BCUT2D eigenvalue weighted by atomic mass is 10.2. The summed E-state index contributed by atoms with van der Waals surface area (Å²) in [6, 6.07) is 17.4. The first-order valence-electron chi connectivity index (χ1n) is 12.0. The maximum absolute atomic E-state index is 12.9. The number of pyridine rings is 1. The highest BCUT2D eigenvalue weighted by atomic mass is 32.2. The van der Waals surface area contributed by atoms with Crippen LogP contribution >= 0.6 is 11.8 Å². The van der Waals surface area contributed by atoms with Gasteiger partial charge in [0.05, 0.1) is 11.4 Å². The van der Waals surface area contributed by atoms with Gasteiger partial charge in [-0.25, -0.2) is 0 Å². The number of carbonyl (C=O) groups excluding carboxylic acids is 1. The first kappa shape index (κ1) is 22.6. The number of carbonyl (C=O) groups is 1. The number of nitrogens with one attached hydrogen (secondary N) is 1. The largest absolute Gasteiger partial charge is 0.448 e. The number of ether oxygens (including phenoxy) is 2. The minimum atomic E-state index is -0.521. The minimum Gasteiger partial charge on any atom is -0.448 e. The predicted octanol–water partition coefficient (Wildman–Crippen LogP) is 5.41. The van der Waals surface area contributed by atoms with Crippen LogP contribution < -0.4 is 14.8 Å². The van der Waals surface area contributed by atoms with Gasteiger partial charge < -0.3 is 14.8 Å². The molecule has 36 heavy (non-hydrogen) atoms. The smallest absolute Gasteiger partial charge is 0.251 e. The SMILES string of the molecule is Cc1ccccc1-n1c(SCC(=O)Nc2ccc3c(c2)OC2(CCCC2)O3)nnc1-c1cccnc1. The van der Waals surface area contributed by atoms with Crippen LogP contribution in [0.15, 0.2) is 72.1 Å². The lowest BCUT2D eigenvalue weighted by Gasteiger charge is -2.21. The Morgan fingerprint density at radius 2 is 1.89 bits per heavy atom. The molecule has 2 aromatic carbocycles. The van der Waals surface area contributed by atoms with Crippen molar-refractivity contribution in [3.05, 3.63) is 72.6 Å². The Kier molecular flexibility index (Phi) is 5.85. The van der Waals surface area contributed by atoms with Gasteiger partial charge in [0.2, 0.25) is 5.91 Å². The molecule has 0 atom stereocenters. The summed E-state index contributed by atoms with van der Waals surface area (Å²) in [7, 11) is 0. The topological polar surface area (TPSA) is 91.2 Å². The summed E-state index contributed by atoms with van der Waals surface area (Å²) in [5.74, 6) is 1.61. The highest BCUT2D eigenvalue weighted by Gasteiger charge is 2.44. The molecule has 1 aliphatic carbocycles. The maximum Gasteiger partial charge on any atom is 0.251 e. The van der Waals surface area contributed by atoms with Crippen molar-refractivity contribution in [3.8, 4) is 28.6 Å².